The lowest BCUT2D eigenvalue weighted by Crippen LogP contribution is -2.27. The minimum atomic E-state index is -0.515. The molecule has 9 heteroatoms. The summed E-state index contributed by atoms with van der Waals surface area (Å²) in [4.78, 5) is 41.9. The summed E-state index contributed by atoms with van der Waals surface area (Å²) in [6, 6.07) is 19.4. The molecule has 0 aliphatic carbocycles. The fourth-order valence-corrected chi connectivity index (χ4v) is 4.74. The molecule has 1 N–H and O–H groups in total. The van der Waals surface area contributed by atoms with Crippen molar-refractivity contribution in [2.75, 3.05) is 11.1 Å². The fraction of sp³-hybridized carbons (Fsp3) is 0.192. The number of hydrogen-bond acceptors (Lipinski definition) is 6. The van der Waals surface area contributed by atoms with Crippen LogP contribution in [0.5, 0.6) is 0 Å². The summed E-state index contributed by atoms with van der Waals surface area (Å²) in [5.74, 6) is -0.496. The number of anilines is 1. The minimum absolute atomic E-state index is 0.0726. The van der Waals surface area contributed by atoms with Crippen LogP contribution in [0.3, 0.4) is 0 Å². The van der Waals surface area contributed by atoms with Crippen molar-refractivity contribution in [1.29, 1.82) is 0 Å². The number of amides is 1. The summed E-state index contributed by atoms with van der Waals surface area (Å²) >= 11 is 1.12. The molecule has 1 amide bonds. The molecule has 1 unspecified atom stereocenters. The number of nitro benzene ring substituents is 1. The van der Waals surface area contributed by atoms with E-state index in [0.717, 1.165) is 22.9 Å². The van der Waals surface area contributed by atoms with Gasteiger partial charge in [-0.25, -0.2) is 4.98 Å². The molecule has 1 aromatic heterocycles. The van der Waals surface area contributed by atoms with Crippen molar-refractivity contribution < 1.29 is 9.72 Å². The van der Waals surface area contributed by atoms with Gasteiger partial charge in [0.1, 0.15) is 5.69 Å². The number of benzene rings is 3. The third-order valence-corrected chi connectivity index (χ3v) is 6.90. The highest BCUT2D eigenvalue weighted by molar-refractivity contribution is 7.99. The highest BCUT2D eigenvalue weighted by Crippen LogP contribution is 2.31. The number of thioether (sulfide) groups is 1. The van der Waals surface area contributed by atoms with Crippen LogP contribution < -0.4 is 10.9 Å². The Morgan fingerprint density at radius 3 is 2.49 bits per heavy atom. The van der Waals surface area contributed by atoms with Gasteiger partial charge >= 0.3 is 0 Å². The van der Waals surface area contributed by atoms with Crippen molar-refractivity contribution >= 4 is 39.9 Å². The predicted octanol–water partition coefficient (Wildman–Crippen LogP) is 5.26. The molecule has 0 saturated heterocycles. The van der Waals surface area contributed by atoms with Gasteiger partial charge in [0.25, 0.3) is 11.2 Å². The molecule has 35 heavy (non-hydrogen) atoms. The van der Waals surface area contributed by atoms with Gasteiger partial charge in [-0.15, -0.1) is 0 Å². The number of rotatable bonds is 7. The van der Waals surface area contributed by atoms with Crippen LogP contribution in [0.15, 0.2) is 76.7 Å². The van der Waals surface area contributed by atoms with E-state index in [0.29, 0.717) is 21.6 Å². The van der Waals surface area contributed by atoms with E-state index in [4.69, 9.17) is 0 Å². The SMILES string of the molecule is Cc1ccc([N+](=O)[O-])c(NC(=O)CSc2nc3ccccc3c(=O)n2C(C)c2ccccc2)c1C. The van der Waals surface area contributed by atoms with Crippen molar-refractivity contribution in [3.8, 4) is 0 Å². The summed E-state index contributed by atoms with van der Waals surface area (Å²) in [6.07, 6.45) is 0. The van der Waals surface area contributed by atoms with Gasteiger partial charge in [-0.2, -0.15) is 0 Å². The highest BCUT2D eigenvalue weighted by Gasteiger charge is 2.22. The number of carbonyl (C=O) groups excluding carboxylic acids is 1. The fourth-order valence-electron chi connectivity index (χ4n) is 3.87. The van der Waals surface area contributed by atoms with Crippen LogP contribution in [0.2, 0.25) is 0 Å². The minimum Gasteiger partial charge on any atom is -0.319 e. The third-order valence-electron chi connectivity index (χ3n) is 5.95. The number of aryl methyl sites for hydroxylation is 1. The molecule has 0 aliphatic heterocycles. The van der Waals surface area contributed by atoms with Gasteiger partial charge in [0, 0.05) is 6.07 Å². The molecule has 178 valence electrons. The summed E-state index contributed by atoms with van der Waals surface area (Å²) in [6.45, 7) is 5.47. The largest absolute Gasteiger partial charge is 0.319 e. The van der Waals surface area contributed by atoms with E-state index in [1.807, 2.05) is 44.2 Å². The predicted molar refractivity (Wildman–Crippen MR) is 138 cm³/mol. The standard InChI is InChI=1S/C26H24N4O4S/c1-16-13-14-22(30(33)34)24(17(16)2)28-23(31)15-35-26-27-21-12-8-7-11-20(21)25(32)29(26)18(3)19-9-5-4-6-10-19/h4-14,18H,15H2,1-3H3,(H,28,31). The second-order valence-corrected chi connectivity index (χ2v) is 9.11. The van der Waals surface area contributed by atoms with E-state index in [-0.39, 0.29) is 28.7 Å². The number of hydrogen-bond donors (Lipinski definition) is 1. The van der Waals surface area contributed by atoms with Gasteiger partial charge in [0.05, 0.1) is 27.6 Å². The maximum absolute atomic E-state index is 13.4. The van der Waals surface area contributed by atoms with Crippen molar-refractivity contribution in [1.82, 2.24) is 9.55 Å². The van der Waals surface area contributed by atoms with E-state index >= 15 is 0 Å². The Kier molecular flexibility index (Phi) is 6.97. The summed E-state index contributed by atoms with van der Waals surface area (Å²) in [5.41, 5.74) is 2.77. The molecule has 1 heterocycles. The van der Waals surface area contributed by atoms with Crippen LogP contribution in [0.25, 0.3) is 10.9 Å². The zero-order chi connectivity index (χ0) is 25.1. The molecule has 0 bridgehead atoms. The molecule has 1 atom stereocenters. The number of aromatic nitrogens is 2. The molecule has 0 aliphatic rings. The zero-order valence-electron chi connectivity index (χ0n) is 19.5. The number of para-hydroxylation sites is 1. The molecule has 4 rings (SSSR count). The molecule has 4 aromatic rings. The Labute approximate surface area is 206 Å². The van der Waals surface area contributed by atoms with Gasteiger partial charge in [0.2, 0.25) is 5.91 Å². The van der Waals surface area contributed by atoms with Crippen LogP contribution in [0.1, 0.15) is 29.7 Å². The zero-order valence-corrected chi connectivity index (χ0v) is 20.3. The quantitative estimate of drug-likeness (QED) is 0.165. The van der Waals surface area contributed by atoms with Crippen LogP contribution in [-0.2, 0) is 4.79 Å². The highest BCUT2D eigenvalue weighted by atomic mass is 32.2. The van der Waals surface area contributed by atoms with Crippen LogP contribution in [0.4, 0.5) is 11.4 Å². The molecular weight excluding hydrogens is 464 g/mol. The summed E-state index contributed by atoms with van der Waals surface area (Å²) in [7, 11) is 0. The number of carbonyl (C=O) groups is 1. The third kappa shape index (κ3) is 4.95. The average molecular weight is 489 g/mol. The van der Waals surface area contributed by atoms with E-state index in [2.05, 4.69) is 10.3 Å². The molecule has 0 saturated carbocycles. The van der Waals surface area contributed by atoms with E-state index < -0.39 is 10.8 Å². The van der Waals surface area contributed by atoms with Crippen molar-refractivity contribution in [3.05, 3.63) is 104 Å². The lowest BCUT2D eigenvalue weighted by Gasteiger charge is -2.20. The van der Waals surface area contributed by atoms with Crippen LogP contribution in [0, 0.1) is 24.0 Å². The first kappa shape index (κ1) is 24.2. The number of nitro groups is 1. The Balaban J connectivity index is 1.67. The Hall–Kier alpha value is -3.98. The lowest BCUT2D eigenvalue weighted by molar-refractivity contribution is -0.384. The number of nitrogens with zero attached hydrogens (tertiary/aromatic N) is 3. The molecule has 0 spiro atoms. The van der Waals surface area contributed by atoms with E-state index in [1.54, 1.807) is 41.8 Å². The lowest BCUT2D eigenvalue weighted by atomic mass is 10.1. The maximum Gasteiger partial charge on any atom is 0.293 e. The van der Waals surface area contributed by atoms with Gasteiger partial charge < -0.3 is 5.32 Å². The number of nitrogens with one attached hydrogen (secondary N) is 1. The van der Waals surface area contributed by atoms with Gasteiger partial charge in [0.15, 0.2) is 5.16 Å². The Bertz CT molecular complexity index is 1480. The monoisotopic (exact) mass is 488 g/mol. The smallest absolute Gasteiger partial charge is 0.293 e. The van der Waals surface area contributed by atoms with Gasteiger partial charge in [-0.1, -0.05) is 60.3 Å². The number of fused-ring (bicyclic) bond motifs is 1. The van der Waals surface area contributed by atoms with Crippen molar-refractivity contribution in [2.24, 2.45) is 0 Å². The first-order valence-electron chi connectivity index (χ1n) is 11.0. The summed E-state index contributed by atoms with van der Waals surface area (Å²) < 4.78 is 1.59. The van der Waals surface area contributed by atoms with Gasteiger partial charge in [-0.3, -0.25) is 24.3 Å². The first-order valence-corrected chi connectivity index (χ1v) is 12.0. The second kappa shape index (κ2) is 10.1. The van der Waals surface area contributed by atoms with Gasteiger partial charge in [-0.05, 0) is 49.6 Å². The first-order chi connectivity index (χ1) is 16.8. The topological polar surface area (TPSA) is 107 Å². The molecule has 0 fully saturated rings. The summed E-state index contributed by atoms with van der Waals surface area (Å²) in [5, 5.41) is 15.0. The molecule has 0 radical (unpaired) electrons. The second-order valence-electron chi connectivity index (χ2n) is 8.17. The Morgan fingerprint density at radius 1 is 1.09 bits per heavy atom. The maximum atomic E-state index is 13.4. The normalized spacial score (nSPS) is 11.9. The molecule has 8 nitrogen and oxygen atoms in total. The molecular formula is C26H24N4O4S. The Morgan fingerprint density at radius 2 is 1.77 bits per heavy atom. The van der Waals surface area contributed by atoms with Crippen LogP contribution >= 0.6 is 11.8 Å². The van der Waals surface area contributed by atoms with Crippen molar-refractivity contribution in [3.63, 3.8) is 0 Å². The van der Waals surface area contributed by atoms with E-state index in [9.17, 15) is 19.7 Å². The van der Waals surface area contributed by atoms with Crippen LogP contribution in [-0.4, -0.2) is 26.1 Å². The van der Waals surface area contributed by atoms with E-state index in [1.165, 1.54) is 6.07 Å². The molecule has 3 aromatic carbocycles. The van der Waals surface area contributed by atoms with Crippen molar-refractivity contribution in [2.45, 2.75) is 32.0 Å². The average Bonchev–Trinajstić information content (AvgIpc) is 2.85.